The van der Waals surface area contributed by atoms with Gasteiger partial charge in [0.15, 0.2) is 0 Å². The Bertz CT molecular complexity index is 654. The molecule has 0 aliphatic carbocycles. The number of aryl methyl sites for hydroxylation is 2. The molecule has 0 aliphatic rings. The number of aromatic nitrogens is 2. The van der Waals surface area contributed by atoms with E-state index in [4.69, 9.17) is 5.73 Å². The van der Waals surface area contributed by atoms with Gasteiger partial charge in [-0.3, -0.25) is 14.7 Å². The third-order valence-corrected chi connectivity index (χ3v) is 3.35. The number of carbonyl (C=O) groups is 2. The molecule has 0 fully saturated rings. The lowest BCUT2D eigenvalue weighted by molar-refractivity contribution is 0.0783. The van der Waals surface area contributed by atoms with Crippen molar-refractivity contribution in [3.8, 4) is 0 Å². The monoisotopic (exact) mass is 286 g/mol. The SMILES string of the molecule is Cc1n[nH]c(C)c1C(=O)N(C)Cc1ccc(C(N)=O)cc1. The average Bonchev–Trinajstić information content (AvgIpc) is 2.78. The second kappa shape index (κ2) is 5.78. The summed E-state index contributed by atoms with van der Waals surface area (Å²) in [6.45, 7) is 4.07. The van der Waals surface area contributed by atoms with E-state index in [1.807, 2.05) is 6.92 Å². The molecule has 0 aliphatic heterocycles. The van der Waals surface area contributed by atoms with Crippen molar-refractivity contribution in [1.82, 2.24) is 15.1 Å². The smallest absolute Gasteiger partial charge is 0.257 e. The quantitative estimate of drug-likeness (QED) is 0.889. The van der Waals surface area contributed by atoms with Crippen molar-refractivity contribution in [2.75, 3.05) is 7.05 Å². The molecule has 0 bridgehead atoms. The second-order valence-corrected chi connectivity index (χ2v) is 5.03. The highest BCUT2D eigenvalue weighted by Gasteiger charge is 2.19. The summed E-state index contributed by atoms with van der Waals surface area (Å²) in [5.74, 6) is -0.548. The van der Waals surface area contributed by atoms with Gasteiger partial charge in [0, 0.05) is 24.8 Å². The van der Waals surface area contributed by atoms with Crippen LogP contribution in [0.3, 0.4) is 0 Å². The van der Waals surface area contributed by atoms with Crippen molar-refractivity contribution in [1.29, 1.82) is 0 Å². The summed E-state index contributed by atoms with van der Waals surface area (Å²) in [4.78, 5) is 25.1. The molecule has 110 valence electrons. The molecule has 1 heterocycles. The lowest BCUT2D eigenvalue weighted by Crippen LogP contribution is -2.27. The number of nitrogens with one attached hydrogen (secondary N) is 1. The fraction of sp³-hybridized carbons (Fsp3) is 0.267. The van der Waals surface area contributed by atoms with Crippen molar-refractivity contribution < 1.29 is 9.59 Å². The number of benzene rings is 1. The van der Waals surface area contributed by atoms with Crippen LogP contribution in [-0.2, 0) is 6.54 Å². The molecule has 2 amide bonds. The lowest BCUT2D eigenvalue weighted by atomic mass is 10.1. The molecule has 0 unspecified atom stereocenters. The molecule has 0 saturated carbocycles. The van der Waals surface area contributed by atoms with Gasteiger partial charge in [-0.25, -0.2) is 0 Å². The van der Waals surface area contributed by atoms with Crippen LogP contribution in [0.4, 0.5) is 0 Å². The van der Waals surface area contributed by atoms with E-state index in [0.29, 0.717) is 23.4 Å². The van der Waals surface area contributed by atoms with E-state index in [9.17, 15) is 9.59 Å². The zero-order valence-electron chi connectivity index (χ0n) is 12.3. The van der Waals surface area contributed by atoms with E-state index >= 15 is 0 Å². The summed E-state index contributed by atoms with van der Waals surface area (Å²) in [6, 6.07) is 6.90. The van der Waals surface area contributed by atoms with E-state index in [1.165, 1.54) is 0 Å². The highest BCUT2D eigenvalue weighted by atomic mass is 16.2. The molecule has 2 aromatic rings. The second-order valence-electron chi connectivity index (χ2n) is 5.03. The number of nitrogens with two attached hydrogens (primary N) is 1. The van der Waals surface area contributed by atoms with Crippen LogP contribution in [0.15, 0.2) is 24.3 Å². The summed E-state index contributed by atoms with van der Waals surface area (Å²) in [6.07, 6.45) is 0. The maximum absolute atomic E-state index is 12.4. The fourth-order valence-corrected chi connectivity index (χ4v) is 2.18. The fourth-order valence-electron chi connectivity index (χ4n) is 2.18. The van der Waals surface area contributed by atoms with Crippen molar-refractivity contribution in [2.45, 2.75) is 20.4 Å². The van der Waals surface area contributed by atoms with Gasteiger partial charge >= 0.3 is 0 Å². The summed E-state index contributed by atoms with van der Waals surface area (Å²) in [5, 5.41) is 6.84. The molecule has 21 heavy (non-hydrogen) atoms. The number of amides is 2. The first-order chi connectivity index (χ1) is 9.90. The van der Waals surface area contributed by atoms with Gasteiger partial charge in [0.05, 0.1) is 11.3 Å². The van der Waals surface area contributed by atoms with Crippen LogP contribution < -0.4 is 5.73 Å². The van der Waals surface area contributed by atoms with Gasteiger partial charge in [0.25, 0.3) is 5.91 Å². The highest BCUT2D eigenvalue weighted by Crippen LogP contribution is 2.14. The van der Waals surface area contributed by atoms with Crippen LogP contribution in [-0.4, -0.2) is 34.0 Å². The van der Waals surface area contributed by atoms with E-state index in [0.717, 1.165) is 11.3 Å². The standard InChI is InChI=1S/C15H18N4O2/c1-9-13(10(2)18-17-9)15(21)19(3)8-11-4-6-12(7-5-11)14(16)20/h4-7H,8H2,1-3H3,(H2,16,20)(H,17,18). The summed E-state index contributed by atoms with van der Waals surface area (Å²) in [7, 11) is 1.73. The molecule has 2 rings (SSSR count). The Morgan fingerprint density at radius 1 is 1.24 bits per heavy atom. The first kappa shape index (κ1) is 14.8. The molecular weight excluding hydrogens is 268 g/mol. The first-order valence-electron chi connectivity index (χ1n) is 6.56. The third kappa shape index (κ3) is 3.10. The van der Waals surface area contributed by atoms with Crippen molar-refractivity contribution >= 4 is 11.8 Å². The van der Waals surface area contributed by atoms with E-state index in [1.54, 1.807) is 43.1 Å². The zero-order chi connectivity index (χ0) is 15.6. The van der Waals surface area contributed by atoms with E-state index in [-0.39, 0.29) is 5.91 Å². The summed E-state index contributed by atoms with van der Waals surface area (Å²) in [5.41, 5.74) is 8.62. The van der Waals surface area contributed by atoms with Gasteiger partial charge in [-0.2, -0.15) is 5.10 Å². The topological polar surface area (TPSA) is 92.1 Å². The maximum Gasteiger partial charge on any atom is 0.257 e. The number of hydrogen-bond acceptors (Lipinski definition) is 3. The molecule has 6 heteroatoms. The number of rotatable bonds is 4. The molecule has 0 radical (unpaired) electrons. The Hall–Kier alpha value is -2.63. The number of H-pyrrole nitrogens is 1. The molecule has 1 aromatic carbocycles. The highest BCUT2D eigenvalue weighted by molar-refractivity contribution is 5.96. The van der Waals surface area contributed by atoms with Crippen molar-refractivity contribution in [3.05, 3.63) is 52.3 Å². The van der Waals surface area contributed by atoms with Crippen LogP contribution in [0.1, 0.15) is 37.7 Å². The Balaban J connectivity index is 2.12. The largest absolute Gasteiger partial charge is 0.366 e. The van der Waals surface area contributed by atoms with Gasteiger partial charge in [0.2, 0.25) is 5.91 Å². The van der Waals surface area contributed by atoms with Crippen LogP contribution in [0.25, 0.3) is 0 Å². The van der Waals surface area contributed by atoms with Crippen LogP contribution >= 0.6 is 0 Å². The Morgan fingerprint density at radius 2 is 1.86 bits per heavy atom. The minimum absolute atomic E-state index is 0.0854. The molecule has 0 saturated heterocycles. The van der Waals surface area contributed by atoms with Gasteiger partial charge in [-0.05, 0) is 31.5 Å². The minimum atomic E-state index is -0.462. The molecule has 1 aromatic heterocycles. The predicted octanol–water partition coefficient (Wildman–Crippen LogP) is 1.40. The van der Waals surface area contributed by atoms with Gasteiger partial charge in [0.1, 0.15) is 0 Å². The normalized spacial score (nSPS) is 10.4. The average molecular weight is 286 g/mol. The molecule has 0 spiro atoms. The number of carbonyl (C=O) groups excluding carboxylic acids is 2. The third-order valence-electron chi connectivity index (χ3n) is 3.35. The Kier molecular flexibility index (Phi) is 4.07. The summed E-state index contributed by atoms with van der Waals surface area (Å²) < 4.78 is 0. The van der Waals surface area contributed by atoms with Gasteiger partial charge < -0.3 is 10.6 Å². The van der Waals surface area contributed by atoms with Crippen LogP contribution in [0.5, 0.6) is 0 Å². The minimum Gasteiger partial charge on any atom is -0.366 e. The molecular formula is C15H18N4O2. The molecule has 0 atom stereocenters. The Morgan fingerprint density at radius 3 is 2.33 bits per heavy atom. The van der Waals surface area contributed by atoms with Crippen molar-refractivity contribution in [3.63, 3.8) is 0 Å². The van der Waals surface area contributed by atoms with E-state index < -0.39 is 5.91 Å². The first-order valence-corrected chi connectivity index (χ1v) is 6.56. The van der Waals surface area contributed by atoms with Gasteiger partial charge in [-0.1, -0.05) is 12.1 Å². The number of hydrogen-bond donors (Lipinski definition) is 2. The predicted molar refractivity (Wildman–Crippen MR) is 78.8 cm³/mol. The van der Waals surface area contributed by atoms with Crippen LogP contribution in [0, 0.1) is 13.8 Å². The van der Waals surface area contributed by atoms with Gasteiger partial charge in [-0.15, -0.1) is 0 Å². The maximum atomic E-state index is 12.4. The van der Waals surface area contributed by atoms with Crippen molar-refractivity contribution in [2.24, 2.45) is 5.73 Å². The molecule has 6 nitrogen and oxygen atoms in total. The zero-order valence-corrected chi connectivity index (χ0v) is 12.3. The number of nitrogens with zero attached hydrogens (tertiary/aromatic N) is 2. The van der Waals surface area contributed by atoms with E-state index in [2.05, 4.69) is 10.2 Å². The van der Waals surface area contributed by atoms with Crippen LogP contribution in [0.2, 0.25) is 0 Å². The number of aromatic amines is 1. The summed E-state index contributed by atoms with van der Waals surface area (Å²) >= 11 is 0. The Labute approximate surface area is 122 Å². The lowest BCUT2D eigenvalue weighted by Gasteiger charge is -2.17. The number of primary amides is 1. The molecule has 3 N–H and O–H groups in total.